The highest BCUT2D eigenvalue weighted by Gasteiger charge is 2.14. The van der Waals surface area contributed by atoms with Crippen molar-refractivity contribution in [3.8, 4) is 5.75 Å². The minimum absolute atomic E-state index is 0.200. The molecular weight excluding hydrogens is 350 g/mol. The van der Waals surface area contributed by atoms with Gasteiger partial charge in [-0.2, -0.15) is 0 Å². The molecule has 0 radical (unpaired) electrons. The summed E-state index contributed by atoms with van der Waals surface area (Å²) in [4.78, 5) is 16.3. The van der Waals surface area contributed by atoms with Gasteiger partial charge in [0.25, 0.3) is 0 Å². The Bertz CT molecular complexity index is 718. The van der Waals surface area contributed by atoms with Gasteiger partial charge >= 0.3 is 6.03 Å². The molecule has 0 bridgehead atoms. The Morgan fingerprint density at radius 2 is 2.04 bits per heavy atom. The number of nitrogens with zero attached hydrogens (tertiary/aromatic N) is 1. The lowest BCUT2D eigenvalue weighted by Gasteiger charge is -2.21. The summed E-state index contributed by atoms with van der Waals surface area (Å²) in [6, 6.07) is 10.7. The molecule has 138 valence electrons. The van der Waals surface area contributed by atoms with E-state index in [9.17, 15) is 4.79 Å². The molecule has 2 aromatic rings. The molecule has 1 aromatic carbocycles. The zero-order chi connectivity index (χ0) is 18.2. The second-order valence-electron chi connectivity index (χ2n) is 6.59. The number of carbonyl (C=O) groups is 1. The minimum Gasteiger partial charge on any atom is -0.486 e. The van der Waals surface area contributed by atoms with Gasteiger partial charge < -0.3 is 15.4 Å². The topological polar surface area (TPSA) is 63.2 Å². The summed E-state index contributed by atoms with van der Waals surface area (Å²) in [6.45, 7) is 1.07. The molecule has 6 heteroatoms. The van der Waals surface area contributed by atoms with Crippen LogP contribution in [0.3, 0.4) is 0 Å². The predicted octanol–water partition coefficient (Wildman–Crippen LogP) is 5.02. The van der Waals surface area contributed by atoms with E-state index in [0.29, 0.717) is 29.0 Å². The number of rotatable bonds is 6. The van der Waals surface area contributed by atoms with Gasteiger partial charge in [0.2, 0.25) is 0 Å². The Balaban J connectivity index is 1.47. The average Bonchev–Trinajstić information content (AvgIpc) is 2.67. The number of aromatic nitrogens is 1. The van der Waals surface area contributed by atoms with Crippen LogP contribution in [-0.2, 0) is 6.61 Å². The molecule has 1 heterocycles. The Labute approximate surface area is 159 Å². The SMILES string of the molecule is O=C(NCC1CCCCC1)Nc1ccc(OCc2ccccn2)c(Cl)c1. The lowest BCUT2D eigenvalue weighted by molar-refractivity contribution is 0.247. The normalized spacial score (nSPS) is 14.7. The second kappa shape index (κ2) is 9.43. The number of pyridine rings is 1. The quantitative estimate of drug-likeness (QED) is 0.747. The molecule has 0 atom stereocenters. The lowest BCUT2D eigenvalue weighted by atomic mass is 9.89. The number of anilines is 1. The van der Waals surface area contributed by atoms with Crippen molar-refractivity contribution in [3.63, 3.8) is 0 Å². The van der Waals surface area contributed by atoms with Crippen LogP contribution in [-0.4, -0.2) is 17.6 Å². The largest absolute Gasteiger partial charge is 0.486 e. The van der Waals surface area contributed by atoms with Crippen molar-refractivity contribution in [3.05, 3.63) is 53.3 Å². The highest BCUT2D eigenvalue weighted by atomic mass is 35.5. The number of ether oxygens (including phenoxy) is 1. The first-order chi connectivity index (χ1) is 12.7. The highest BCUT2D eigenvalue weighted by molar-refractivity contribution is 6.32. The van der Waals surface area contributed by atoms with Crippen LogP contribution in [0, 0.1) is 5.92 Å². The Morgan fingerprint density at radius 1 is 1.19 bits per heavy atom. The molecule has 2 N–H and O–H groups in total. The van der Waals surface area contributed by atoms with E-state index in [1.807, 2.05) is 18.2 Å². The van der Waals surface area contributed by atoms with Crippen molar-refractivity contribution < 1.29 is 9.53 Å². The number of nitrogens with one attached hydrogen (secondary N) is 2. The number of hydrogen-bond acceptors (Lipinski definition) is 3. The smallest absolute Gasteiger partial charge is 0.319 e. The molecule has 1 saturated carbocycles. The van der Waals surface area contributed by atoms with Crippen LogP contribution in [0.15, 0.2) is 42.6 Å². The van der Waals surface area contributed by atoms with Gasteiger partial charge in [-0.15, -0.1) is 0 Å². The van der Waals surface area contributed by atoms with Crippen LogP contribution < -0.4 is 15.4 Å². The van der Waals surface area contributed by atoms with Crippen LogP contribution in [0.5, 0.6) is 5.75 Å². The number of hydrogen-bond donors (Lipinski definition) is 2. The Kier molecular flexibility index (Phi) is 6.72. The standard InChI is InChI=1S/C20H24ClN3O2/c21-18-12-16(24-20(25)23-13-15-6-2-1-3-7-15)9-10-19(18)26-14-17-8-4-5-11-22-17/h4-5,8-12,15H,1-3,6-7,13-14H2,(H2,23,24,25). The molecule has 5 nitrogen and oxygen atoms in total. The molecule has 0 unspecified atom stereocenters. The van der Waals surface area contributed by atoms with E-state index < -0.39 is 0 Å². The van der Waals surface area contributed by atoms with Gasteiger partial charge in [-0.3, -0.25) is 4.98 Å². The van der Waals surface area contributed by atoms with Crippen molar-refractivity contribution >= 4 is 23.3 Å². The molecular formula is C20H24ClN3O2. The first-order valence-electron chi connectivity index (χ1n) is 9.08. The van der Waals surface area contributed by atoms with Crippen molar-refractivity contribution in [1.82, 2.24) is 10.3 Å². The fraction of sp³-hybridized carbons (Fsp3) is 0.400. The number of benzene rings is 1. The molecule has 2 amide bonds. The third kappa shape index (κ3) is 5.63. The van der Waals surface area contributed by atoms with E-state index in [0.717, 1.165) is 12.2 Å². The zero-order valence-electron chi connectivity index (χ0n) is 14.7. The molecule has 1 aliphatic rings. The number of amides is 2. The van der Waals surface area contributed by atoms with Crippen molar-refractivity contribution in [2.24, 2.45) is 5.92 Å². The van der Waals surface area contributed by atoms with Crippen molar-refractivity contribution in [2.75, 3.05) is 11.9 Å². The molecule has 3 rings (SSSR count). The van der Waals surface area contributed by atoms with Gasteiger partial charge in [-0.25, -0.2) is 4.79 Å². The van der Waals surface area contributed by atoms with E-state index in [2.05, 4.69) is 15.6 Å². The summed E-state index contributed by atoms with van der Waals surface area (Å²) in [7, 11) is 0. The van der Waals surface area contributed by atoms with E-state index in [1.165, 1.54) is 32.1 Å². The van der Waals surface area contributed by atoms with Gasteiger partial charge in [-0.05, 0) is 49.1 Å². The predicted molar refractivity (Wildman–Crippen MR) is 104 cm³/mol. The third-order valence-electron chi connectivity index (χ3n) is 4.57. The molecule has 26 heavy (non-hydrogen) atoms. The van der Waals surface area contributed by atoms with Gasteiger partial charge in [0.15, 0.2) is 0 Å². The molecule has 0 saturated heterocycles. The molecule has 0 aliphatic heterocycles. The van der Waals surface area contributed by atoms with Crippen LogP contribution >= 0.6 is 11.6 Å². The summed E-state index contributed by atoms with van der Waals surface area (Å²) < 4.78 is 5.69. The molecule has 1 aromatic heterocycles. The first-order valence-corrected chi connectivity index (χ1v) is 9.45. The van der Waals surface area contributed by atoms with Crippen LogP contribution in [0.2, 0.25) is 5.02 Å². The highest BCUT2D eigenvalue weighted by Crippen LogP contribution is 2.28. The summed E-state index contributed by atoms with van der Waals surface area (Å²) in [5.41, 5.74) is 1.47. The average molecular weight is 374 g/mol. The minimum atomic E-state index is -0.200. The van der Waals surface area contributed by atoms with Crippen molar-refractivity contribution in [2.45, 2.75) is 38.7 Å². The number of halogens is 1. The Morgan fingerprint density at radius 3 is 2.77 bits per heavy atom. The second-order valence-corrected chi connectivity index (χ2v) is 7.00. The molecule has 1 aliphatic carbocycles. The Hall–Kier alpha value is -2.27. The summed E-state index contributed by atoms with van der Waals surface area (Å²) in [6.07, 6.45) is 7.98. The summed E-state index contributed by atoms with van der Waals surface area (Å²) in [5, 5.41) is 6.22. The van der Waals surface area contributed by atoms with E-state index in [4.69, 9.17) is 16.3 Å². The fourth-order valence-electron chi connectivity index (χ4n) is 3.13. The summed E-state index contributed by atoms with van der Waals surface area (Å²) in [5.74, 6) is 1.16. The number of carbonyl (C=O) groups excluding carboxylic acids is 1. The summed E-state index contributed by atoms with van der Waals surface area (Å²) >= 11 is 6.26. The third-order valence-corrected chi connectivity index (χ3v) is 4.86. The molecule has 1 fully saturated rings. The maximum atomic E-state index is 12.1. The van der Waals surface area contributed by atoms with Gasteiger partial charge in [-0.1, -0.05) is 36.9 Å². The van der Waals surface area contributed by atoms with E-state index in [1.54, 1.807) is 24.4 Å². The lowest BCUT2D eigenvalue weighted by Crippen LogP contribution is -2.33. The molecule has 0 spiro atoms. The van der Waals surface area contributed by atoms with Crippen molar-refractivity contribution in [1.29, 1.82) is 0 Å². The zero-order valence-corrected chi connectivity index (χ0v) is 15.5. The monoisotopic (exact) mass is 373 g/mol. The van der Waals surface area contributed by atoms with Gasteiger partial charge in [0, 0.05) is 18.4 Å². The maximum Gasteiger partial charge on any atom is 0.319 e. The van der Waals surface area contributed by atoms with Crippen LogP contribution in [0.4, 0.5) is 10.5 Å². The van der Waals surface area contributed by atoms with E-state index in [-0.39, 0.29) is 6.03 Å². The number of urea groups is 1. The first kappa shape index (κ1) is 18.5. The van der Waals surface area contributed by atoms with E-state index >= 15 is 0 Å². The maximum absolute atomic E-state index is 12.1. The van der Waals surface area contributed by atoms with Gasteiger partial charge in [0.05, 0.1) is 10.7 Å². The van der Waals surface area contributed by atoms with Crippen LogP contribution in [0.1, 0.15) is 37.8 Å². The van der Waals surface area contributed by atoms with Crippen LogP contribution in [0.25, 0.3) is 0 Å². The fourth-order valence-corrected chi connectivity index (χ4v) is 3.37. The van der Waals surface area contributed by atoms with Gasteiger partial charge in [0.1, 0.15) is 12.4 Å².